The summed E-state index contributed by atoms with van der Waals surface area (Å²) in [5.41, 5.74) is 0.264. The molecule has 9 heteroatoms. The Morgan fingerprint density at radius 3 is 2.45 bits per heavy atom. The van der Waals surface area contributed by atoms with Gasteiger partial charge in [-0.15, -0.1) is 10.2 Å². The Hall–Kier alpha value is -1.88. The molecule has 1 N–H and O–H groups in total. The van der Waals surface area contributed by atoms with Crippen LogP contribution in [0.4, 0.5) is 5.82 Å². The first-order valence-electron chi connectivity index (χ1n) is 5.14. The summed E-state index contributed by atoms with van der Waals surface area (Å²) in [4.78, 5) is -0.157. The van der Waals surface area contributed by atoms with Gasteiger partial charge in [0.1, 0.15) is 4.90 Å². The van der Waals surface area contributed by atoms with Crippen molar-refractivity contribution in [1.82, 2.24) is 10.2 Å². The van der Waals surface area contributed by atoms with Crippen LogP contribution in [0.5, 0.6) is 0 Å². The Labute approximate surface area is 125 Å². The predicted molar refractivity (Wildman–Crippen MR) is 74.0 cm³/mol. The highest BCUT2D eigenvalue weighted by Gasteiger charge is 2.19. The highest BCUT2D eigenvalue weighted by Crippen LogP contribution is 2.24. The number of nitriles is 1. The Morgan fingerprint density at radius 2 is 1.90 bits per heavy atom. The Balaban J connectivity index is 2.36. The molecule has 0 aliphatic heterocycles. The quantitative estimate of drug-likeness (QED) is 0.933. The number of hydrogen-bond donors (Lipinski definition) is 1. The fraction of sp³-hybridized carbons (Fsp3) is 0. The van der Waals surface area contributed by atoms with Gasteiger partial charge in [0.05, 0.1) is 16.7 Å². The molecule has 1 heterocycles. The van der Waals surface area contributed by atoms with E-state index in [0.29, 0.717) is 0 Å². The molecule has 1 aromatic carbocycles. The maximum atomic E-state index is 12.1. The maximum absolute atomic E-state index is 12.1. The van der Waals surface area contributed by atoms with Crippen LogP contribution in [-0.2, 0) is 10.0 Å². The zero-order chi connectivity index (χ0) is 14.8. The summed E-state index contributed by atoms with van der Waals surface area (Å²) in [6.07, 6.45) is 0. The molecular formula is C11H6Cl2N4O2S. The second-order valence-electron chi connectivity index (χ2n) is 3.60. The fourth-order valence-corrected chi connectivity index (χ4v) is 2.99. The van der Waals surface area contributed by atoms with E-state index in [0.717, 1.165) is 0 Å². The largest absolute Gasteiger partial charge is 0.264 e. The second kappa shape index (κ2) is 5.63. The number of nitrogens with zero attached hydrogens (tertiary/aromatic N) is 3. The Morgan fingerprint density at radius 1 is 1.15 bits per heavy atom. The number of anilines is 1. The smallest absolute Gasteiger partial charge is 0.262 e. The predicted octanol–water partition coefficient (Wildman–Crippen LogP) is 2.46. The normalized spacial score (nSPS) is 10.8. The van der Waals surface area contributed by atoms with Crippen LogP contribution in [0.1, 0.15) is 5.56 Å². The van der Waals surface area contributed by atoms with E-state index in [1.165, 1.54) is 30.3 Å². The van der Waals surface area contributed by atoms with Crippen LogP contribution in [-0.4, -0.2) is 18.6 Å². The lowest BCUT2D eigenvalue weighted by molar-refractivity contribution is 0.601. The van der Waals surface area contributed by atoms with Crippen LogP contribution in [0.2, 0.25) is 10.2 Å². The highest BCUT2D eigenvalue weighted by atomic mass is 35.5. The molecule has 0 atom stereocenters. The van der Waals surface area contributed by atoms with E-state index in [9.17, 15) is 8.42 Å². The molecule has 0 amide bonds. The van der Waals surface area contributed by atoms with Gasteiger partial charge in [-0.2, -0.15) is 5.26 Å². The van der Waals surface area contributed by atoms with Crippen LogP contribution in [0.25, 0.3) is 0 Å². The average Bonchev–Trinajstić information content (AvgIpc) is 2.40. The standard InChI is InChI=1S/C11H6Cl2N4O2S/c12-8-5-7(6-14)1-2-9(8)20(18,19)17-11-4-3-10(13)15-16-11/h1-5H,(H,16,17). The topological polar surface area (TPSA) is 95.7 Å². The molecule has 2 rings (SSSR count). The van der Waals surface area contributed by atoms with Crippen molar-refractivity contribution in [3.05, 3.63) is 46.1 Å². The molecule has 1 aromatic heterocycles. The summed E-state index contributed by atoms with van der Waals surface area (Å²) < 4.78 is 26.5. The molecule has 0 aliphatic rings. The molecule has 6 nitrogen and oxygen atoms in total. The van der Waals surface area contributed by atoms with Gasteiger partial charge >= 0.3 is 0 Å². The van der Waals surface area contributed by atoms with Crippen LogP contribution in [0.15, 0.2) is 35.2 Å². The van der Waals surface area contributed by atoms with Crippen LogP contribution in [0, 0.1) is 11.3 Å². The molecular weight excluding hydrogens is 323 g/mol. The van der Waals surface area contributed by atoms with Gasteiger partial charge in [0.2, 0.25) is 0 Å². The van der Waals surface area contributed by atoms with Gasteiger partial charge in [-0.25, -0.2) is 8.42 Å². The van der Waals surface area contributed by atoms with Crippen molar-refractivity contribution in [3.63, 3.8) is 0 Å². The van der Waals surface area contributed by atoms with Crippen molar-refractivity contribution >= 4 is 39.0 Å². The van der Waals surface area contributed by atoms with E-state index < -0.39 is 10.0 Å². The Bertz CT molecular complexity index is 785. The number of nitrogens with one attached hydrogen (secondary N) is 1. The van der Waals surface area contributed by atoms with Crippen molar-refractivity contribution < 1.29 is 8.42 Å². The molecule has 0 saturated carbocycles. The van der Waals surface area contributed by atoms with Gasteiger partial charge in [-0.3, -0.25) is 4.72 Å². The van der Waals surface area contributed by atoms with Crippen molar-refractivity contribution in [2.45, 2.75) is 4.90 Å². The molecule has 0 fully saturated rings. The van der Waals surface area contributed by atoms with E-state index >= 15 is 0 Å². The van der Waals surface area contributed by atoms with Gasteiger partial charge in [0.25, 0.3) is 10.0 Å². The number of benzene rings is 1. The van der Waals surface area contributed by atoms with E-state index in [1.54, 1.807) is 0 Å². The number of aromatic nitrogens is 2. The van der Waals surface area contributed by atoms with Crippen molar-refractivity contribution in [2.75, 3.05) is 4.72 Å². The third-order valence-electron chi connectivity index (χ3n) is 2.22. The minimum atomic E-state index is -3.92. The number of halogens is 2. The summed E-state index contributed by atoms with van der Waals surface area (Å²) in [5, 5.41) is 15.9. The van der Waals surface area contributed by atoms with E-state index in [-0.39, 0.29) is 26.5 Å². The molecule has 2 aromatic rings. The maximum Gasteiger partial charge on any atom is 0.264 e. The molecule has 0 spiro atoms. The van der Waals surface area contributed by atoms with E-state index in [2.05, 4.69) is 14.9 Å². The van der Waals surface area contributed by atoms with E-state index in [1.807, 2.05) is 6.07 Å². The number of sulfonamides is 1. The zero-order valence-electron chi connectivity index (χ0n) is 9.71. The van der Waals surface area contributed by atoms with Crippen LogP contribution < -0.4 is 4.72 Å². The minimum Gasteiger partial charge on any atom is -0.262 e. The second-order valence-corrected chi connectivity index (χ2v) is 6.05. The third-order valence-corrected chi connectivity index (χ3v) is 4.26. The van der Waals surface area contributed by atoms with Crippen molar-refractivity contribution in [3.8, 4) is 6.07 Å². The van der Waals surface area contributed by atoms with Crippen molar-refractivity contribution in [1.29, 1.82) is 5.26 Å². The number of rotatable bonds is 3. The first-order valence-corrected chi connectivity index (χ1v) is 7.38. The summed E-state index contributed by atoms with van der Waals surface area (Å²) >= 11 is 11.4. The lowest BCUT2D eigenvalue weighted by atomic mass is 10.2. The summed E-state index contributed by atoms with van der Waals surface area (Å²) in [6, 6.07) is 8.49. The minimum absolute atomic E-state index is 0.00910. The third kappa shape index (κ3) is 3.17. The van der Waals surface area contributed by atoms with Gasteiger partial charge in [0, 0.05) is 0 Å². The summed E-state index contributed by atoms with van der Waals surface area (Å²) in [7, 11) is -3.92. The molecule has 0 radical (unpaired) electrons. The molecule has 0 unspecified atom stereocenters. The van der Waals surface area contributed by atoms with Gasteiger partial charge in [-0.1, -0.05) is 23.2 Å². The molecule has 102 valence electrons. The summed E-state index contributed by atoms with van der Waals surface area (Å²) in [5.74, 6) is 0.00910. The lowest BCUT2D eigenvalue weighted by Crippen LogP contribution is -2.14. The Kier molecular flexibility index (Phi) is 4.09. The SMILES string of the molecule is N#Cc1ccc(S(=O)(=O)Nc2ccc(Cl)nn2)c(Cl)c1. The molecule has 0 aliphatic carbocycles. The van der Waals surface area contributed by atoms with Gasteiger partial charge in [-0.05, 0) is 30.3 Å². The number of hydrogen-bond acceptors (Lipinski definition) is 5. The zero-order valence-corrected chi connectivity index (χ0v) is 12.0. The monoisotopic (exact) mass is 328 g/mol. The van der Waals surface area contributed by atoms with E-state index in [4.69, 9.17) is 28.5 Å². The summed E-state index contributed by atoms with van der Waals surface area (Å²) in [6.45, 7) is 0. The molecule has 0 saturated heterocycles. The lowest BCUT2D eigenvalue weighted by Gasteiger charge is -2.08. The van der Waals surface area contributed by atoms with Crippen LogP contribution in [0.3, 0.4) is 0 Å². The fourth-order valence-electron chi connectivity index (χ4n) is 1.35. The first-order chi connectivity index (χ1) is 9.42. The highest BCUT2D eigenvalue weighted by molar-refractivity contribution is 7.92. The first kappa shape index (κ1) is 14.5. The van der Waals surface area contributed by atoms with Crippen molar-refractivity contribution in [2.24, 2.45) is 0 Å². The molecule has 0 bridgehead atoms. The van der Waals surface area contributed by atoms with Crippen LogP contribution >= 0.6 is 23.2 Å². The van der Waals surface area contributed by atoms with Gasteiger partial charge in [0.15, 0.2) is 11.0 Å². The molecule has 20 heavy (non-hydrogen) atoms. The average molecular weight is 329 g/mol. The van der Waals surface area contributed by atoms with Gasteiger partial charge < -0.3 is 0 Å².